The Morgan fingerprint density at radius 3 is 2.57 bits per heavy atom. The third-order valence-corrected chi connectivity index (χ3v) is 6.59. The first kappa shape index (κ1) is 20.5. The quantitative estimate of drug-likeness (QED) is 0.705. The first-order valence-corrected chi connectivity index (χ1v) is 10.3. The predicted molar refractivity (Wildman–Crippen MR) is 108 cm³/mol. The van der Waals surface area contributed by atoms with Crippen molar-refractivity contribution in [1.29, 1.82) is 0 Å². The lowest BCUT2D eigenvalue weighted by Gasteiger charge is -2.33. The molecule has 1 saturated heterocycles. The summed E-state index contributed by atoms with van der Waals surface area (Å²) in [6, 6.07) is 11.0. The summed E-state index contributed by atoms with van der Waals surface area (Å²) in [6.07, 6.45) is -3.28. The van der Waals surface area contributed by atoms with Gasteiger partial charge in [-0.3, -0.25) is 9.59 Å². The molecule has 4 rings (SSSR count). The molecule has 0 aromatic heterocycles. The molecule has 0 radical (unpaired) electrons. The van der Waals surface area contributed by atoms with Crippen molar-refractivity contribution in [2.75, 3.05) is 0 Å². The minimum atomic E-state index is -4.52. The van der Waals surface area contributed by atoms with Crippen molar-refractivity contribution in [2.45, 2.75) is 40.9 Å². The second-order valence-corrected chi connectivity index (χ2v) is 8.40. The van der Waals surface area contributed by atoms with E-state index in [0.717, 1.165) is 26.5 Å². The molecule has 2 heterocycles. The number of nitrogens with one attached hydrogen (secondary N) is 2. The van der Waals surface area contributed by atoms with E-state index in [9.17, 15) is 22.8 Å². The molecule has 1 fully saturated rings. The van der Waals surface area contributed by atoms with E-state index in [4.69, 9.17) is 0 Å². The van der Waals surface area contributed by atoms with Crippen LogP contribution < -0.4 is 10.6 Å². The zero-order chi connectivity index (χ0) is 21.5. The zero-order valence-electron chi connectivity index (χ0n) is 15.8. The molecule has 4 nitrogen and oxygen atoms in total. The van der Waals surface area contributed by atoms with Crippen LogP contribution in [-0.4, -0.2) is 24.0 Å². The number of halogens is 3. The van der Waals surface area contributed by atoms with Crippen LogP contribution in [0.15, 0.2) is 58.8 Å². The predicted octanol–water partition coefficient (Wildman–Crippen LogP) is 4.46. The van der Waals surface area contributed by atoms with Gasteiger partial charge in [-0.1, -0.05) is 48.7 Å². The van der Waals surface area contributed by atoms with Crippen molar-refractivity contribution in [3.63, 3.8) is 0 Å². The third kappa shape index (κ3) is 3.84. The SMILES string of the molecule is C=Cc1ccc2c(c1)C(NC(=O)C1CCC(C(F)(F)F)NC1=O)c1ccccc1S2. The van der Waals surface area contributed by atoms with Crippen LogP contribution in [-0.2, 0) is 9.59 Å². The van der Waals surface area contributed by atoms with Gasteiger partial charge in [-0.05, 0) is 47.7 Å². The minimum Gasteiger partial charge on any atom is -0.344 e. The molecule has 0 spiro atoms. The number of carbonyl (C=O) groups is 2. The molecule has 0 bridgehead atoms. The molecule has 2 N–H and O–H groups in total. The highest BCUT2D eigenvalue weighted by Crippen LogP contribution is 2.45. The average molecular weight is 432 g/mol. The summed E-state index contributed by atoms with van der Waals surface area (Å²) in [7, 11) is 0. The number of benzene rings is 2. The standard InChI is InChI=1S/C22H19F3N2O2S/c1-2-12-7-9-17-15(11-12)19(13-5-3-4-6-16(13)30-17)27-21(29)14-8-10-18(22(23,24)25)26-20(14)28/h2-7,9,11,14,18-19H,1,8,10H2,(H,26,28)(H,27,29). The van der Waals surface area contributed by atoms with E-state index >= 15 is 0 Å². The Balaban J connectivity index is 1.61. The van der Waals surface area contributed by atoms with Gasteiger partial charge in [0.25, 0.3) is 0 Å². The lowest BCUT2D eigenvalue weighted by molar-refractivity contribution is -0.171. The van der Waals surface area contributed by atoms with Crippen LogP contribution >= 0.6 is 11.8 Å². The van der Waals surface area contributed by atoms with Gasteiger partial charge < -0.3 is 10.6 Å². The van der Waals surface area contributed by atoms with Gasteiger partial charge >= 0.3 is 6.18 Å². The molecule has 3 unspecified atom stereocenters. The molecule has 0 aliphatic carbocycles. The molecule has 2 aliphatic rings. The zero-order valence-corrected chi connectivity index (χ0v) is 16.6. The molecule has 156 valence electrons. The van der Waals surface area contributed by atoms with E-state index < -0.39 is 36.0 Å². The summed E-state index contributed by atoms with van der Waals surface area (Å²) >= 11 is 1.58. The van der Waals surface area contributed by atoms with E-state index in [1.54, 1.807) is 17.8 Å². The summed E-state index contributed by atoms with van der Waals surface area (Å²) in [4.78, 5) is 27.1. The maximum atomic E-state index is 12.9. The Hall–Kier alpha value is -2.74. The van der Waals surface area contributed by atoms with Crippen LogP contribution in [0.4, 0.5) is 13.2 Å². The van der Waals surface area contributed by atoms with Crippen LogP contribution in [0.5, 0.6) is 0 Å². The second kappa shape index (κ2) is 7.83. The van der Waals surface area contributed by atoms with Crippen molar-refractivity contribution in [2.24, 2.45) is 5.92 Å². The van der Waals surface area contributed by atoms with Crippen molar-refractivity contribution in [3.05, 3.63) is 65.7 Å². The van der Waals surface area contributed by atoms with E-state index in [1.165, 1.54) is 0 Å². The van der Waals surface area contributed by atoms with Crippen LogP contribution in [0.25, 0.3) is 6.08 Å². The normalized spacial score (nSPS) is 23.0. The fraction of sp³-hybridized carbons (Fsp3) is 0.273. The smallest absolute Gasteiger partial charge is 0.344 e. The van der Waals surface area contributed by atoms with E-state index in [0.29, 0.717) is 0 Å². The second-order valence-electron chi connectivity index (χ2n) is 7.32. The van der Waals surface area contributed by atoms with Gasteiger partial charge in [0.1, 0.15) is 12.0 Å². The van der Waals surface area contributed by atoms with Gasteiger partial charge in [0, 0.05) is 9.79 Å². The molecule has 2 amide bonds. The number of amides is 2. The Morgan fingerprint density at radius 2 is 1.87 bits per heavy atom. The number of piperidine rings is 1. The van der Waals surface area contributed by atoms with Crippen LogP contribution in [0.2, 0.25) is 0 Å². The van der Waals surface area contributed by atoms with Gasteiger partial charge in [-0.25, -0.2) is 0 Å². The van der Waals surface area contributed by atoms with Crippen LogP contribution in [0.1, 0.15) is 35.6 Å². The van der Waals surface area contributed by atoms with Gasteiger partial charge in [-0.15, -0.1) is 0 Å². The van der Waals surface area contributed by atoms with Gasteiger partial charge in [0.15, 0.2) is 0 Å². The first-order chi connectivity index (χ1) is 14.3. The van der Waals surface area contributed by atoms with Gasteiger partial charge in [0.2, 0.25) is 11.8 Å². The summed E-state index contributed by atoms with van der Waals surface area (Å²) in [6.45, 7) is 3.78. The first-order valence-electron chi connectivity index (χ1n) is 9.48. The van der Waals surface area contributed by atoms with Crippen molar-refractivity contribution < 1.29 is 22.8 Å². The summed E-state index contributed by atoms with van der Waals surface area (Å²) in [5.74, 6) is -2.62. The Morgan fingerprint density at radius 1 is 1.13 bits per heavy atom. The number of rotatable bonds is 3. The minimum absolute atomic E-state index is 0.148. The number of hydrogen-bond acceptors (Lipinski definition) is 3. The van der Waals surface area contributed by atoms with E-state index in [-0.39, 0.29) is 12.8 Å². The fourth-order valence-corrected chi connectivity index (χ4v) is 4.93. The lowest BCUT2D eigenvalue weighted by atomic mass is 9.91. The number of alkyl halides is 3. The molecule has 3 atom stereocenters. The van der Waals surface area contributed by atoms with Gasteiger partial charge in [-0.2, -0.15) is 13.2 Å². The molecule has 0 saturated carbocycles. The molecule has 2 aromatic rings. The summed E-state index contributed by atoms with van der Waals surface area (Å²) < 4.78 is 38.7. The Bertz CT molecular complexity index is 1020. The highest BCUT2D eigenvalue weighted by atomic mass is 32.2. The molecular weight excluding hydrogens is 413 g/mol. The highest BCUT2D eigenvalue weighted by molar-refractivity contribution is 7.99. The Kier molecular flexibility index (Phi) is 5.36. The van der Waals surface area contributed by atoms with Crippen LogP contribution in [0, 0.1) is 5.92 Å². The van der Waals surface area contributed by atoms with E-state index in [2.05, 4.69) is 11.9 Å². The number of hydrogen-bond donors (Lipinski definition) is 2. The number of fused-ring (bicyclic) bond motifs is 2. The maximum absolute atomic E-state index is 12.9. The summed E-state index contributed by atoms with van der Waals surface area (Å²) in [5, 5.41) is 4.85. The molecule has 30 heavy (non-hydrogen) atoms. The van der Waals surface area contributed by atoms with Crippen LogP contribution in [0.3, 0.4) is 0 Å². The topological polar surface area (TPSA) is 58.2 Å². The number of carbonyl (C=O) groups excluding carboxylic acids is 2. The van der Waals surface area contributed by atoms with Crippen molar-refractivity contribution >= 4 is 29.7 Å². The monoisotopic (exact) mass is 432 g/mol. The largest absolute Gasteiger partial charge is 0.408 e. The lowest BCUT2D eigenvalue weighted by Crippen LogP contribution is -2.54. The average Bonchev–Trinajstić information content (AvgIpc) is 2.72. The highest BCUT2D eigenvalue weighted by Gasteiger charge is 2.46. The molecule has 8 heteroatoms. The molecular formula is C22H19F3N2O2S. The fourth-order valence-electron chi connectivity index (χ4n) is 3.81. The summed E-state index contributed by atoms with van der Waals surface area (Å²) in [5.41, 5.74) is 2.64. The van der Waals surface area contributed by atoms with E-state index in [1.807, 2.05) is 47.8 Å². The molecule has 2 aliphatic heterocycles. The Labute approximate surface area is 175 Å². The maximum Gasteiger partial charge on any atom is 0.408 e. The third-order valence-electron chi connectivity index (χ3n) is 5.41. The van der Waals surface area contributed by atoms with Crippen molar-refractivity contribution in [3.8, 4) is 0 Å². The molecule has 2 aromatic carbocycles. The van der Waals surface area contributed by atoms with Gasteiger partial charge in [0.05, 0.1) is 6.04 Å². The van der Waals surface area contributed by atoms with Crippen molar-refractivity contribution in [1.82, 2.24) is 10.6 Å².